The van der Waals surface area contributed by atoms with Crippen LogP contribution in [0.5, 0.6) is 0 Å². The Balaban J connectivity index is 1.52. The average Bonchev–Trinajstić information content (AvgIpc) is 3.14. The van der Waals surface area contributed by atoms with Crippen molar-refractivity contribution in [3.05, 3.63) is 36.0 Å². The maximum Gasteiger partial charge on any atom is 0.0923 e. The van der Waals surface area contributed by atoms with E-state index in [0.29, 0.717) is 11.3 Å². The van der Waals surface area contributed by atoms with Crippen molar-refractivity contribution in [2.24, 2.45) is 29.1 Å². The van der Waals surface area contributed by atoms with E-state index in [0.717, 1.165) is 36.5 Å². The Bertz CT molecular complexity index is 644. The molecule has 0 aromatic heterocycles. The van der Waals surface area contributed by atoms with Crippen LogP contribution in [0.15, 0.2) is 36.0 Å². The summed E-state index contributed by atoms with van der Waals surface area (Å²) in [6, 6.07) is 0. The summed E-state index contributed by atoms with van der Waals surface area (Å²) < 4.78 is 6.30. The molecule has 3 unspecified atom stereocenters. The topological polar surface area (TPSA) is 33.1 Å². The molecule has 0 radical (unpaired) electrons. The summed E-state index contributed by atoms with van der Waals surface area (Å²) in [5.41, 5.74) is 2.61. The summed E-state index contributed by atoms with van der Waals surface area (Å²) in [5, 5.41) is 7.97. The predicted molar refractivity (Wildman–Crippen MR) is 92.5 cm³/mol. The summed E-state index contributed by atoms with van der Waals surface area (Å²) in [5.74, 6) is 3.00. The Morgan fingerprint density at radius 1 is 1.22 bits per heavy atom. The van der Waals surface area contributed by atoms with Gasteiger partial charge in [-0.1, -0.05) is 31.2 Å². The van der Waals surface area contributed by atoms with E-state index in [1.807, 2.05) is 0 Å². The van der Waals surface area contributed by atoms with Crippen molar-refractivity contribution in [3.63, 3.8) is 0 Å². The largest absolute Gasteiger partial charge is 0.366 e. The first-order valence-corrected chi connectivity index (χ1v) is 9.42. The molecule has 23 heavy (non-hydrogen) atoms. The third kappa shape index (κ3) is 1.76. The van der Waals surface area contributed by atoms with Crippen molar-refractivity contribution in [1.29, 1.82) is 5.41 Å². The second-order valence-corrected chi connectivity index (χ2v) is 8.62. The first-order chi connectivity index (χ1) is 11.1. The van der Waals surface area contributed by atoms with Crippen LogP contribution >= 0.6 is 0 Å². The van der Waals surface area contributed by atoms with Gasteiger partial charge in [0.15, 0.2) is 0 Å². The van der Waals surface area contributed by atoms with E-state index in [-0.39, 0.29) is 5.60 Å². The third-order valence-corrected chi connectivity index (χ3v) is 7.91. The van der Waals surface area contributed by atoms with Gasteiger partial charge in [0.25, 0.3) is 0 Å². The Labute approximate surface area is 139 Å². The molecular weight excluding hydrogens is 282 g/mol. The lowest BCUT2D eigenvalue weighted by molar-refractivity contribution is -0.0993. The van der Waals surface area contributed by atoms with Gasteiger partial charge in [0, 0.05) is 11.1 Å². The minimum absolute atomic E-state index is 0.0291. The van der Waals surface area contributed by atoms with E-state index in [1.54, 1.807) is 0 Å². The van der Waals surface area contributed by atoms with Gasteiger partial charge in [-0.3, -0.25) is 0 Å². The molecule has 0 aromatic rings. The first kappa shape index (κ1) is 14.2. The van der Waals surface area contributed by atoms with Crippen LogP contribution in [0.2, 0.25) is 0 Å². The lowest BCUT2D eigenvalue weighted by Crippen LogP contribution is -2.51. The van der Waals surface area contributed by atoms with Gasteiger partial charge in [-0.2, -0.15) is 0 Å². The highest BCUT2D eigenvalue weighted by Gasteiger charge is 2.62. The molecule has 2 heteroatoms. The molecular formula is C21H27NO. The quantitative estimate of drug-likeness (QED) is 0.648. The maximum atomic E-state index is 7.97. The zero-order valence-electron chi connectivity index (χ0n) is 14.1. The molecule has 0 saturated heterocycles. The first-order valence-electron chi connectivity index (χ1n) is 9.42. The lowest BCUT2D eigenvalue weighted by atomic mass is 9.52. The summed E-state index contributed by atoms with van der Waals surface area (Å²) in [4.78, 5) is 0. The highest BCUT2D eigenvalue weighted by atomic mass is 16.5. The van der Waals surface area contributed by atoms with E-state index in [9.17, 15) is 0 Å². The standard InChI is InChI=1S/C21H27NO/c1-20-10-7-17-16-6-4-15(22)13-14(16)3-5-18(17)19(20)8-11-21(20)9-2-12-23-21/h2-3,5,9,13,16-19,22H,4,6-8,10-12H2,1H3/t16-,17?,18?,19?,20-,21-/m0/s1. The summed E-state index contributed by atoms with van der Waals surface area (Å²) >= 11 is 0. The summed E-state index contributed by atoms with van der Waals surface area (Å²) in [6.07, 6.45) is 19.0. The van der Waals surface area contributed by atoms with Crippen LogP contribution in [0.3, 0.4) is 0 Å². The molecule has 1 spiro atoms. The second kappa shape index (κ2) is 4.69. The number of nitrogens with one attached hydrogen (secondary N) is 1. The van der Waals surface area contributed by atoms with E-state index in [1.165, 1.54) is 37.7 Å². The van der Waals surface area contributed by atoms with E-state index >= 15 is 0 Å². The fourth-order valence-electron chi connectivity index (χ4n) is 6.71. The van der Waals surface area contributed by atoms with E-state index in [4.69, 9.17) is 10.1 Å². The molecule has 2 fully saturated rings. The van der Waals surface area contributed by atoms with Crippen LogP contribution in [-0.2, 0) is 4.74 Å². The zero-order valence-corrected chi connectivity index (χ0v) is 14.1. The van der Waals surface area contributed by atoms with Gasteiger partial charge in [-0.05, 0) is 73.8 Å². The third-order valence-electron chi connectivity index (χ3n) is 7.91. The molecule has 5 aliphatic rings. The molecule has 122 valence electrons. The minimum Gasteiger partial charge on any atom is -0.366 e. The highest BCUT2D eigenvalue weighted by Crippen LogP contribution is 2.65. The predicted octanol–water partition coefficient (Wildman–Crippen LogP) is 4.68. The van der Waals surface area contributed by atoms with Crippen LogP contribution in [-0.4, -0.2) is 17.9 Å². The van der Waals surface area contributed by atoms with Gasteiger partial charge >= 0.3 is 0 Å². The van der Waals surface area contributed by atoms with Gasteiger partial charge in [-0.25, -0.2) is 0 Å². The van der Waals surface area contributed by atoms with Gasteiger partial charge in [0.1, 0.15) is 0 Å². The van der Waals surface area contributed by atoms with Gasteiger partial charge < -0.3 is 10.1 Å². The van der Waals surface area contributed by atoms with E-state index < -0.39 is 0 Å². The van der Waals surface area contributed by atoms with Crippen LogP contribution in [0.1, 0.15) is 45.4 Å². The summed E-state index contributed by atoms with van der Waals surface area (Å²) in [7, 11) is 0. The normalized spacial score (nSPS) is 50.7. The number of rotatable bonds is 0. The smallest absolute Gasteiger partial charge is 0.0923 e. The van der Waals surface area contributed by atoms with Crippen molar-refractivity contribution in [3.8, 4) is 0 Å². The van der Waals surface area contributed by atoms with Crippen molar-refractivity contribution in [1.82, 2.24) is 0 Å². The average molecular weight is 309 g/mol. The van der Waals surface area contributed by atoms with Gasteiger partial charge in [-0.15, -0.1) is 0 Å². The van der Waals surface area contributed by atoms with Crippen molar-refractivity contribution >= 4 is 5.71 Å². The lowest BCUT2D eigenvalue weighted by Gasteiger charge is -2.54. The van der Waals surface area contributed by atoms with E-state index in [2.05, 4.69) is 37.3 Å². The van der Waals surface area contributed by atoms with Crippen LogP contribution in [0, 0.1) is 34.5 Å². The number of fused-ring (bicyclic) bond motifs is 6. The molecule has 1 N–H and O–H groups in total. The monoisotopic (exact) mass is 309 g/mol. The van der Waals surface area contributed by atoms with Crippen LogP contribution in [0.25, 0.3) is 0 Å². The molecule has 0 aromatic carbocycles. The molecule has 0 bridgehead atoms. The molecule has 0 amide bonds. The fourth-order valence-corrected chi connectivity index (χ4v) is 6.71. The zero-order chi connectivity index (χ0) is 15.7. The number of allylic oxidation sites excluding steroid dienone is 4. The Morgan fingerprint density at radius 3 is 2.96 bits per heavy atom. The molecule has 2 nitrogen and oxygen atoms in total. The Kier molecular flexibility index (Phi) is 2.90. The second-order valence-electron chi connectivity index (χ2n) is 8.62. The van der Waals surface area contributed by atoms with Crippen molar-refractivity contribution in [2.45, 2.75) is 51.0 Å². The molecule has 4 aliphatic carbocycles. The molecule has 2 saturated carbocycles. The maximum absolute atomic E-state index is 7.97. The highest BCUT2D eigenvalue weighted by molar-refractivity contribution is 5.94. The van der Waals surface area contributed by atoms with Crippen LogP contribution < -0.4 is 0 Å². The van der Waals surface area contributed by atoms with Crippen molar-refractivity contribution in [2.75, 3.05) is 6.61 Å². The van der Waals surface area contributed by atoms with Crippen molar-refractivity contribution < 1.29 is 4.74 Å². The fraction of sp³-hybridized carbons (Fsp3) is 0.667. The SMILES string of the molecule is C[C@]12CCC3C(C=CC4=CC(=N)CC[C@@H]43)C1CC[C@@]21C=CCO1. The van der Waals surface area contributed by atoms with Crippen LogP contribution in [0.4, 0.5) is 0 Å². The number of hydrogen-bond acceptors (Lipinski definition) is 2. The Hall–Kier alpha value is -1.15. The molecule has 1 heterocycles. The Morgan fingerprint density at radius 2 is 2.13 bits per heavy atom. The molecule has 6 atom stereocenters. The van der Waals surface area contributed by atoms with Gasteiger partial charge in [0.2, 0.25) is 0 Å². The molecule has 5 rings (SSSR count). The minimum atomic E-state index is 0.0291. The van der Waals surface area contributed by atoms with Gasteiger partial charge in [0.05, 0.1) is 12.2 Å². The number of hydrogen-bond donors (Lipinski definition) is 1. The number of ether oxygens (including phenoxy) is 1. The molecule has 1 aliphatic heterocycles. The summed E-state index contributed by atoms with van der Waals surface area (Å²) in [6.45, 7) is 3.32.